The van der Waals surface area contributed by atoms with Crippen molar-refractivity contribution in [3.05, 3.63) is 23.8 Å². The smallest absolute Gasteiger partial charge is 0.000708 e. The molecule has 0 saturated carbocycles. The van der Waals surface area contributed by atoms with Crippen LogP contribution in [0.1, 0.15) is 34.1 Å². The van der Waals surface area contributed by atoms with E-state index in [1.807, 2.05) is 0 Å². The average molecular weight is 150 g/mol. The minimum Gasteiger partial charge on any atom is -0.0871 e. The molecule has 0 fully saturated rings. The van der Waals surface area contributed by atoms with Crippen molar-refractivity contribution in [3.63, 3.8) is 0 Å². The second-order valence-corrected chi connectivity index (χ2v) is 4.25. The van der Waals surface area contributed by atoms with E-state index >= 15 is 0 Å². The Morgan fingerprint density at radius 2 is 2.09 bits per heavy atom. The summed E-state index contributed by atoms with van der Waals surface area (Å²) in [5.41, 5.74) is 1.80. The van der Waals surface area contributed by atoms with Gasteiger partial charge in [-0.25, -0.2) is 0 Å². The number of allylic oxidation sites excluding steroid dienone is 4. The van der Waals surface area contributed by atoms with Crippen molar-refractivity contribution in [2.24, 2.45) is 11.3 Å². The number of hydrogen-bond donors (Lipinski definition) is 0. The molecule has 1 aliphatic rings. The lowest BCUT2D eigenvalue weighted by Gasteiger charge is -2.15. The molecular weight excluding hydrogens is 132 g/mol. The second-order valence-electron chi connectivity index (χ2n) is 4.25. The predicted octanol–water partition coefficient (Wildman–Crippen LogP) is 3.55. The van der Waals surface area contributed by atoms with Crippen molar-refractivity contribution in [1.29, 1.82) is 0 Å². The summed E-state index contributed by atoms with van der Waals surface area (Å²) >= 11 is 0. The van der Waals surface area contributed by atoms with Gasteiger partial charge >= 0.3 is 0 Å². The SMILES string of the molecule is CC1=CC(C)(C)C=CCC1C. The summed E-state index contributed by atoms with van der Waals surface area (Å²) in [5.74, 6) is 0.730. The van der Waals surface area contributed by atoms with Gasteiger partial charge in [-0.1, -0.05) is 44.6 Å². The maximum Gasteiger partial charge on any atom is 0.000708 e. The van der Waals surface area contributed by atoms with Crippen molar-refractivity contribution in [3.8, 4) is 0 Å². The van der Waals surface area contributed by atoms with Gasteiger partial charge in [0.25, 0.3) is 0 Å². The minimum atomic E-state index is 0.273. The molecule has 0 saturated heterocycles. The summed E-state index contributed by atoms with van der Waals surface area (Å²) < 4.78 is 0. The third-order valence-corrected chi connectivity index (χ3v) is 2.41. The molecule has 62 valence electrons. The highest BCUT2D eigenvalue weighted by atomic mass is 14.2. The molecule has 0 nitrogen and oxygen atoms in total. The summed E-state index contributed by atoms with van der Waals surface area (Å²) in [6.45, 7) is 9.03. The first kappa shape index (κ1) is 8.58. The van der Waals surface area contributed by atoms with Gasteiger partial charge in [0.05, 0.1) is 0 Å². The Bertz CT molecular complexity index is 194. The highest BCUT2D eigenvalue weighted by Gasteiger charge is 2.15. The molecule has 1 unspecified atom stereocenters. The fourth-order valence-electron chi connectivity index (χ4n) is 1.54. The van der Waals surface area contributed by atoms with E-state index in [2.05, 4.69) is 45.9 Å². The molecule has 0 heterocycles. The van der Waals surface area contributed by atoms with Crippen LogP contribution >= 0.6 is 0 Å². The van der Waals surface area contributed by atoms with Crippen LogP contribution in [-0.4, -0.2) is 0 Å². The van der Waals surface area contributed by atoms with E-state index in [4.69, 9.17) is 0 Å². The molecule has 1 aliphatic carbocycles. The van der Waals surface area contributed by atoms with Crippen LogP contribution in [0.2, 0.25) is 0 Å². The van der Waals surface area contributed by atoms with Gasteiger partial charge in [0.2, 0.25) is 0 Å². The Kier molecular flexibility index (Phi) is 2.22. The van der Waals surface area contributed by atoms with Crippen LogP contribution in [0.5, 0.6) is 0 Å². The second kappa shape index (κ2) is 2.84. The molecule has 11 heavy (non-hydrogen) atoms. The molecule has 0 aromatic carbocycles. The largest absolute Gasteiger partial charge is 0.0871 e. The molecule has 0 aromatic heterocycles. The third kappa shape index (κ3) is 2.21. The van der Waals surface area contributed by atoms with Gasteiger partial charge in [0, 0.05) is 5.41 Å². The van der Waals surface area contributed by atoms with Crippen molar-refractivity contribution < 1.29 is 0 Å². The molecule has 0 bridgehead atoms. The van der Waals surface area contributed by atoms with Crippen molar-refractivity contribution in [1.82, 2.24) is 0 Å². The van der Waals surface area contributed by atoms with Crippen molar-refractivity contribution in [2.75, 3.05) is 0 Å². The minimum absolute atomic E-state index is 0.273. The normalized spacial score (nSPS) is 29.5. The molecule has 0 amide bonds. The summed E-state index contributed by atoms with van der Waals surface area (Å²) in [4.78, 5) is 0. The Morgan fingerprint density at radius 3 is 2.73 bits per heavy atom. The maximum absolute atomic E-state index is 2.38. The predicted molar refractivity (Wildman–Crippen MR) is 50.5 cm³/mol. The summed E-state index contributed by atoms with van der Waals surface area (Å²) in [6.07, 6.45) is 8.19. The monoisotopic (exact) mass is 150 g/mol. The lowest BCUT2D eigenvalue weighted by Crippen LogP contribution is -2.02. The van der Waals surface area contributed by atoms with E-state index in [-0.39, 0.29) is 5.41 Å². The van der Waals surface area contributed by atoms with E-state index < -0.39 is 0 Å². The zero-order valence-corrected chi connectivity index (χ0v) is 8.02. The Labute approximate surface area is 70.0 Å². The Balaban J connectivity index is 2.89. The van der Waals surface area contributed by atoms with E-state index in [1.54, 1.807) is 0 Å². The first-order valence-electron chi connectivity index (χ1n) is 4.38. The fraction of sp³-hybridized carbons (Fsp3) is 0.636. The fourth-order valence-corrected chi connectivity index (χ4v) is 1.54. The molecule has 0 spiro atoms. The van der Waals surface area contributed by atoms with Gasteiger partial charge in [-0.05, 0) is 19.3 Å². The van der Waals surface area contributed by atoms with Gasteiger partial charge < -0.3 is 0 Å². The van der Waals surface area contributed by atoms with E-state index in [1.165, 1.54) is 12.0 Å². The van der Waals surface area contributed by atoms with Crippen LogP contribution in [0.15, 0.2) is 23.8 Å². The standard InChI is InChI=1S/C11H18/c1-9-6-5-7-11(3,4)8-10(9)2/h5,7-9H,6H2,1-4H3. The highest BCUT2D eigenvalue weighted by Crippen LogP contribution is 2.29. The summed E-state index contributed by atoms with van der Waals surface area (Å²) in [7, 11) is 0. The maximum atomic E-state index is 2.38. The summed E-state index contributed by atoms with van der Waals surface area (Å²) in [5, 5.41) is 0. The van der Waals surface area contributed by atoms with Gasteiger partial charge in [0.15, 0.2) is 0 Å². The third-order valence-electron chi connectivity index (χ3n) is 2.41. The van der Waals surface area contributed by atoms with Gasteiger partial charge in [0.1, 0.15) is 0 Å². The molecular formula is C11H18. The van der Waals surface area contributed by atoms with Crippen LogP contribution in [0.3, 0.4) is 0 Å². The highest BCUT2D eigenvalue weighted by molar-refractivity contribution is 5.18. The lowest BCUT2D eigenvalue weighted by molar-refractivity contribution is 0.616. The number of rotatable bonds is 0. The van der Waals surface area contributed by atoms with Crippen molar-refractivity contribution in [2.45, 2.75) is 34.1 Å². The lowest BCUT2D eigenvalue weighted by atomic mass is 9.90. The average Bonchev–Trinajstić information content (AvgIpc) is 1.93. The van der Waals surface area contributed by atoms with Gasteiger partial charge in [-0.2, -0.15) is 0 Å². The van der Waals surface area contributed by atoms with E-state index in [0.717, 1.165) is 5.92 Å². The van der Waals surface area contributed by atoms with Crippen LogP contribution in [-0.2, 0) is 0 Å². The quantitative estimate of drug-likeness (QED) is 0.463. The zero-order chi connectivity index (χ0) is 8.48. The van der Waals surface area contributed by atoms with Crippen LogP contribution in [0, 0.1) is 11.3 Å². The molecule has 0 radical (unpaired) electrons. The summed E-state index contributed by atoms with van der Waals surface area (Å²) in [6, 6.07) is 0. The van der Waals surface area contributed by atoms with Crippen molar-refractivity contribution >= 4 is 0 Å². The first-order chi connectivity index (χ1) is 5.01. The van der Waals surface area contributed by atoms with Gasteiger partial charge in [-0.15, -0.1) is 0 Å². The Morgan fingerprint density at radius 1 is 1.45 bits per heavy atom. The first-order valence-corrected chi connectivity index (χ1v) is 4.38. The van der Waals surface area contributed by atoms with Crippen LogP contribution < -0.4 is 0 Å². The Hall–Kier alpha value is -0.520. The molecule has 1 rings (SSSR count). The topological polar surface area (TPSA) is 0 Å². The van der Waals surface area contributed by atoms with Crippen LogP contribution in [0.4, 0.5) is 0 Å². The molecule has 0 N–H and O–H groups in total. The number of hydrogen-bond acceptors (Lipinski definition) is 0. The van der Waals surface area contributed by atoms with Gasteiger partial charge in [-0.3, -0.25) is 0 Å². The van der Waals surface area contributed by atoms with Crippen LogP contribution in [0.25, 0.3) is 0 Å². The molecule has 1 atom stereocenters. The molecule has 0 heteroatoms. The van der Waals surface area contributed by atoms with E-state index in [9.17, 15) is 0 Å². The zero-order valence-electron chi connectivity index (χ0n) is 8.02. The molecule has 0 aromatic rings. The van der Waals surface area contributed by atoms with E-state index in [0.29, 0.717) is 0 Å². The molecule has 0 aliphatic heterocycles.